The number of hydrogen-bond acceptors (Lipinski definition) is 2. The molecule has 2 nitrogen and oxygen atoms in total. The smallest absolute Gasteiger partial charge is 0.126 e. The van der Waals surface area contributed by atoms with Crippen molar-refractivity contribution < 1.29 is 10.2 Å². The molecule has 2 atom stereocenters. The molecule has 4 heteroatoms. The van der Waals surface area contributed by atoms with Crippen LogP contribution in [0.1, 0.15) is 46.6 Å². The van der Waals surface area contributed by atoms with E-state index < -0.39 is 11.6 Å². The van der Waals surface area contributed by atoms with E-state index >= 15 is 0 Å². The van der Waals surface area contributed by atoms with Crippen molar-refractivity contribution >= 4 is 0 Å². The monoisotopic (exact) mass is 284 g/mol. The molecule has 0 spiro atoms. The maximum Gasteiger partial charge on any atom is 0.126 e. The van der Waals surface area contributed by atoms with Crippen LogP contribution >= 0.6 is 0 Å². The molecule has 0 aliphatic carbocycles. The molecular formula is C16H26F2N2. The van der Waals surface area contributed by atoms with Crippen LogP contribution in [0.15, 0.2) is 18.2 Å². The molecular weight excluding hydrogens is 258 g/mol. The third-order valence-electron chi connectivity index (χ3n) is 4.07. The first-order valence-corrected chi connectivity index (χ1v) is 7.46. The van der Waals surface area contributed by atoms with Crippen molar-refractivity contribution in [3.05, 3.63) is 35.4 Å². The summed E-state index contributed by atoms with van der Waals surface area (Å²) in [5.41, 5.74) is 0.749. The Morgan fingerprint density at radius 3 is 2.50 bits per heavy atom. The van der Waals surface area contributed by atoms with Gasteiger partial charge in [-0.2, -0.15) is 0 Å². The highest BCUT2D eigenvalue weighted by molar-refractivity contribution is 5.22. The first-order valence-electron chi connectivity index (χ1n) is 7.46. The minimum atomic E-state index is -0.491. The van der Waals surface area contributed by atoms with Gasteiger partial charge in [0.15, 0.2) is 0 Å². The van der Waals surface area contributed by atoms with Crippen molar-refractivity contribution in [2.45, 2.75) is 51.7 Å². The highest BCUT2D eigenvalue weighted by Gasteiger charge is 2.31. The van der Waals surface area contributed by atoms with Gasteiger partial charge in [-0.1, -0.05) is 6.92 Å². The molecule has 1 fully saturated rings. The molecule has 1 aliphatic rings. The summed E-state index contributed by atoms with van der Waals surface area (Å²) in [6.45, 7) is 8.24. The highest BCUT2D eigenvalue weighted by Crippen LogP contribution is 2.33. The van der Waals surface area contributed by atoms with E-state index in [-0.39, 0.29) is 7.47 Å². The summed E-state index contributed by atoms with van der Waals surface area (Å²) in [5, 5.41) is 3.46. The fraction of sp³-hybridized carbons (Fsp3) is 0.625. The number of likely N-dealkylation sites (tertiary alicyclic amines) is 1. The van der Waals surface area contributed by atoms with Crippen LogP contribution in [0.3, 0.4) is 0 Å². The number of benzene rings is 1. The lowest BCUT2D eigenvalue weighted by Gasteiger charge is -2.42. The van der Waals surface area contributed by atoms with Crippen molar-refractivity contribution in [1.82, 2.24) is 10.2 Å². The van der Waals surface area contributed by atoms with Gasteiger partial charge in [0.05, 0.1) is 0 Å². The summed E-state index contributed by atoms with van der Waals surface area (Å²) in [6.07, 6.45) is 1.98. The fourth-order valence-corrected chi connectivity index (χ4v) is 3.17. The second-order valence-electron chi connectivity index (χ2n) is 5.83. The number of nitrogens with one attached hydrogen (secondary N) is 1. The maximum atomic E-state index is 13.5. The van der Waals surface area contributed by atoms with Crippen LogP contribution in [0.25, 0.3) is 0 Å². The lowest BCUT2D eigenvalue weighted by molar-refractivity contribution is 0.0926. The Kier molecular flexibility index (Phi) is 5.11. The molecule has 0 amide bonds. The van der Waals surface area contributed by atoms with E-state index in [1.54, 1.807) is 0 Å². The van der Waals surface area contributed by atoms with Crippen LogP contribution < -0.4 is 5.32 Å². The van der Waals surface area contributed by atoms with Gasteiger partial charge in [-0.05, 0) is 50.9 Å². The number of piperidine rings is 1. The van der Waals surface area contributed by atoms with Crippen molar-refractivity contribution in [2.75, 3.05) is 13.1 Å². The Bertz CT molecular complexity index is 434. The zero-order valence-corrected chi connectivity index (χ0v) is 12.5. The summed E-state index contributed by atoms with van der Waals surface area (Å²) in [6, 6.07) is 4.75. The van der Waals surface area contributed by atoms with E-state index in [0.29, 0.717) is 12.1 Å². The summed E-state index contributed by atoms with van der Waals surface area (Å²) in [7, 11) is 0. The first kappa shape index (κ1) is 15.4. The van der Waals surface area contributed by atoms with Crippen molar-refractivity contribution in [3.63, 3.8) is 0 Å². The normalized spacial score (nSPS) is 24.3. The number of halogens is 2. The average Bonchev–Trinajstić information content (AvgIpc) is 2.37. The van der Waals surface area contributed by atoms with E-state index in [2.05, 4.69) is 31.0 Å². The molecule has 2 rings (SSSR count). The third kappa shape index (κ3) is 3.55. The summed E-state index contributed by atoms with van der Waals surface area (Å²) >= 11 is 0. The number of nitrogens with zero attached hydrogens (tertiary/aromatic N) is 1. The molecule has 0 unspecified atom stereocenters. The van der Waals surface area contributed by atoms with Gasteiger partial charge < -0.3 is 5.32 Å². The molecule has 1 heterocycles. The lowest BCUT2D eigenvalue weighted by atomic mass is 9.90. The standard InChI is InChI=1S/C16H24F2N2.H2/c1-4-19-15-5-6-20(11(2)3)16(10-15)12-7-13(17)9-14(18)8-12;/h7-9,11,15-16,19H,4-6,10H2,1-3H3;1H/t15-,16+;/m1./s1. The minimum Gasteiger partial charge on any atom is -0.314 e. The van der Waals surface area contributed by atoms with Gasteiger partial charge in [0.25, 0.3) is 0 Å². The maximum absolute atomic E-state index is 13.5. The van der Waals surface area contributed by atoms with Crippen LogP contribution in [0.5, 0.6) is 0 Å². The molecule has 1 N–H and O–H groups in total. The Balaban J connectivity index is 0.00000220. The largest absolute Gasteiger partial charge is 0.314 e. The fourth-order valence-electron chi connectivity index (χ4n) is 3.17. The summed E-state index contributed by atoms with van der Waals surface area (Å²) in [4.78, 5) is 2.34. The molecule has 1 aliphatic heterocycles. The van der Waals surface area contributed by atoms with Crippen LogP contribution in [-0.2, 0) is 0 Å². The van der Waals surface area contributed by atoms with E-state index in [1.165, 1.54) is 12.1 Å². The highest BCUT2D eigenvalue weighted by atomic mass is 19.1. The Morgan fingerprint density at radius 1 is 1.30 bits per heavy atom. The minimum absolute atomic E-state index is 0. The number of hydrogen-bond donors (Lipinski definition) is 1. The Morgan fingerprint density at radius 2 is 1.95 bits per heavy atom. The Hall–Kier alpha value is -1.00. The average molecular weight is 284 g/mol. The van der Waals surface area contributed by atoms with Gasteiger partial charge in [0, 0.05) is 32.2 Å². The number of rotatable bonds is 4. The van der Waals surface area contributed by atoms with Crippen LogP contribution in [0.4, 0.5) is 8.78 Å². The first-order chi connectivity index (χ1) is 9.51. The van der Waals surface area contributed by atoms with Gasteiger partial charge in [0.2, 0.25) is 0 Å². The predicted octanol–water partition coefficient (Wildman–Crippen LogP) is 3.73. The summed E-state index contributed by atoms with van der Waals surface area (Å²) in [5.74, 6) is -0.983. The Labute approximate surface area is 121 Å². The predicted molar refractivity (Wildman–Crippen MR) is 79.8 cm³/mol. The van der Waals surface area contributed by atoms with Crippen LogP contribution in [0, 0.1) is 11.6 Å². The quantitative estimate of drug-likeness (QED) is 0.906. The molecule has 0 saturated carbocycles. The molecule has 1 saturated heterocycles. The second kappa shape index (κ2) is 6.64. The molecule has 114 valence electrons. The topological polar surface area (TPSA) is 15.3 Å². The molecule has 1 aromatic carbocycles. The zero-order chi connectivity index (χ0) is 14.7. The third-order valence-corrected chi connectivity index (χ3v) is 4.07. The molecule has 1 aromatic rings. The van der Waals surface area contributed by atoms with Crippen molar-refractivity contribution in [1.29, 1.82) is 0 Å². The molecule has 0 aromatic heterocycles. The van der Waals surface area contributed by atoms with Gasteiger partial charge in [-0.3, -0.25) is 4.90 Å². The van der Waals surface area contributed by atoms with Crippen molar-refractivity contribution in [2.24, 2.45) is 0 Å². The summed E-state index contributed by atoms with van der Waals surface area (Å²) < 4.78 is 27.0. The lowest BCUT2D eigenvalue weighted by Crippen LogP contribution is -2.46. The van der Waals surface area contributed by atoms with Crippen LogP contribution in [-0.4, -0.2) is 30.1 Å². The van der Waals surface area contributed by atoms with Crippen molar-refractivity contribution in [3.8, 4) is 0 Å². The van der Waals surface area contributed by atoms with E-state index in [0.717, 1.165) is 37.6 Å². The van der Waals surface area contributed by atoms with Gasteiger partial charge in [-0.25, -0.2) is 8.78 Å². The molecule has 0 radical (unpaired) electrons. The van der Waals surface area contributed by atoms with Gasteiger partial charge >= 0.3 is 0 Å². The van der Waals surface area contributed by atoms with Crippen LogP contribution in [0.2, 0.25) is 0 Å². The SMILES string of the molecule is CCN[C@@H]1CCN(C(C)C)[C@H](c2cc(F)cc(F)c2)C1.[HH]. The van der Waals surface area contributed by atoms with E-state index in [9.17, 15) is 8.78 Å². The van der Waals surface area contributed by atoms with Gasteiger partial charge in [-0.15, -0.1) is 0 Å². The van der Waals surface area contributed by atoms with Gasteiger partial charge in [0.1, 0.15) is 11.6 Å². The zero-order valence-electron chi connectivity index (χ0n) is 12.5. The van der Waals surface area contributed by atoms with E-state index in [4.69, 9.17) is 0 Å². The molecule has 20 heavy (non-hydrogen) atoms. The molecule has 0 bridgehead atoms. The van der Waals surface area contributed by atoms with E-state index in [1.807, 2.05) is 0 Å². The second-order valence-corrected chi connectivity index (χ2v) is 5.83.